The molecule has 1 aromatic heterocycles. The van der Waals surface area contributed by atoms with Gasteiger partial charge in [0.15, 0.2) is 0 Å². The zero-order valence-electron chi connectivity index (χ0n) is 16.4. The molecule has 3 amide bonds. The zero-order chi connectivity index (χ0) is 22.2. The van der Waals surface area contributed by atoms with Crippen LogP contribution in [0.2, 0.25) is 0 Å². The second-order valence-electron chi connectivity index (χ2n) is 6.67. The van der Waals surface area contributed by atoms with Crippen molar-refractivity contribution in [3.05, 3.63) is 61.6 Å². The second-order valence-corrected chi connectivity index (χ2v) is 10.2. The molecule has 2 N–H and O–H groups in total. The number of rotatable bonds is 8. The first-order valence-electron chi connectivity index (χ1n) is 9.57. The van der Waals surface area contributed by atoms with Gasteiger partial charge >= 0.3 is 0 Å². The molecule has 0 atom stereocenters. The number of benzene rings is 1. The SMILES string of the molecule is O=C(CCCCCN1C(=O)/C(=C/c2cccs2)SC1=S)NNC(=O)c1ccc(Br)cc1. The fourth-order valence-electron chi connectivity index (χ4n) is 2.79. The Hall–Kier alpha value is -2.01. The Morgan fingerprint density at radius 1 is 1.10 bits per heavy atom. The predicted octanol–water partition coefficient (Wildman–Crippen LogP) is 4.73. The maximum atomic E-state index is 12.5. The minimum atomic E-state index is -0.370. The lowest BCUT2D eigenvalue weighted by molar-refractivity contribution is -0.123. The summed E-state index contributed by atoms with van der Waals surface area (Å²) in [6, 6.07) is 10.7. The van der Waals surface area contributed by atoms with Crippen molar-refractivity contribution in [3.63, 3.8) is 0 Å². The van der Waals surface area contributed by atoms with Crippen LogP contribution in [0.1, 0.15) is 40.9 Å². The van der Waals surface area contributed by atoms with Crippen LogP contribution < -0.4 is 10.9 Å². The third-order valence-corrected chi connectivity index (χ3v) is 7.12. The van der Waals surface area contributed by atoms with Gasteiger partial charge in [-0.15, -0.1) is 11.3 Å². The molecule has 1 fully saturated rings. The van der Waals surface area contributed by atoms with E-state index in [1.807, 2.05) is 23.6 Å². The van der Waals surface area contributed by atoms with Gasteiger partial charge in [-0.25, -0.2) is 0 Å². The molecule has 1 aliphatic heterocycles. The minimum absolute atomic E-state index is 0.0585. The summed E-state index contributed by atoms with van der Waals surface area (Å²) in [5, 5.41) is 1.97. The highest BCUT2D eigenvalue weighted by Crippen LogP contribution is 2.33. The zero-order valence-corrected chi connectivity index (χ0v) is 20.5. The smallest absolute Gasteiger partial charge is 0.269 e. The number of thiophene rings is 1. The van der Waals surface area contributed by atoms with Gasteiger partial charge in [-0.05, 0) is 54.6 Å². The van der Waals surface area contributed by atoms with E-state index in [0.29, 0.717) is 27.8 Å². The molecule has 162 valence electrons. The van der Waals surface area contributed by atoms with Crippen LogP contribution in [0.25, 0.3) is 6.08 Å². The molecular weight excluding hydrogens is 518 g/mol. The highest BCUT2D eigenvalue weighted by atomic mass is 79.9. The quantitative estimate of drug-likeness (QED) is 0.220. The van der Waals surface area contributed by atoms with E-state index in [0.717, 1.165) is 22.2 Å². The standard InChI is InChI=1S/C21H20BrN3O3S3/c22-15-9-7-14(8-10-15)19(27)24-23-18(26)6-2-1-3-11-25-20(28)17(31-21(25)29)13-16-5-4-12-30-16/h4-5,7-10,12-13H,1-3,6,11H2,(H,23,26)(H,24,27)/b17-13-. The first-order chi connectivity index (χ1) is 14.9. The van der Waals surface area contributed by atoms with E-state index in [4.69, 9.17) is 12.2 Å². The Morgan fingerprint density at radius 3 is 2.58 bits per heavy atom. The molecule has 2 heterocycles. The van der Waals surface area contributed by atoms with Crippen LogP contribution in [-0.4, -0.2) is 33.5 Å². The Kier molecular flexibility index (Phi) is 8.82. The van der Waals surface area contributed by atoms with Crippen molar-refractivity contribution < 1.29 is 14.4 Å². The number of nitrogens with one attached hydrogen (secondary N) is 2. The number of hydrogen-bond acceptors (Lipinski definition) is 6. The van der Waals surface area contributed by atoms with Crippen LogP contribution in [0.5, 0.6) is 0 Å². The molecular formula is C21H20BrN3O3S3. The summed E-state index contributed by atoms with van der Waals surface area (Å²) in [6.07, 6.45) is 4.33. The van der Waals surface area contributed by atoms with E-state index in [9.17, 15) is 14.4 Å². The van der Waals surface area contributed by atoms with Gasteiger partial charge in [-0.1, -0.05) is 52.4 Å². The van der Waals surface area contributed by atoms with Crippen molar-refractivity contribution in [1.29, 1.82) is 0 Å². The van der Waals surface area contributed by atoms with Crippen molar-refractivity contribution >= 4 is 79.4 Å². The monoisotopic (exact) mass is 537 g/mol. The van der Waals surface area contributed by atoms with Gasteiger partial charge in [-0.2, -0.15) is 0 Å². The third-order valence-electron chi connectivity index (χ3n) is 4.40. The fourth-order valence-corrected chi connectivity index (χ4v) is 5.09. The second kappa shape index (κ2) is 11.6. The molecule has 0 aliphatic carbocycles. The van der Waals surface area contributed by atoms with Crippen LogP contribution in [0.4, 0.5) is 0 Å². The minimum Gasteiger partial charge on any atom is -0.293 e. The van der Waals surface area contributed by atoms with E-state index < -0.39 is 0 Å². The van der Waals surface area contributed by atoms with Gasteiger partial charge in [0.1, 0.15) is 4.32 Å². The van der Waals surface area contributed by atoms with Crippen molar-refractivity contribution in [2.75, 3.05) is 6.54 Å². The number of halogens is 1. The van der Waals surface area contributed by atoms with Crippen molar-refractivity contribution in [2.45, 2.75) is 25.7 Å². The molecule has 31 heavy (non-hydrogen) atoms. The molecule has 1 saturated heterocycles. The summed E-state index contributed by atoms with van der Waals surface area (Å²) in [5.74, 6) is -0.683. The van der Waals surface area contributed by atoms with Gasteiger partial charge in [0.05, 0.1) is 4.91 Å². The topological polar surface area (TPSA) is 78.5 Å². The van der Waals surface area contributed by atoms with E-state index >= 15 is 0 Å². The Labute approximate surface area is 202 Å². The molecule has 0 spiro atoms. The molecule has 0 unspecified atom stereocenters. The average molecular weight is 539 g/mol. The maximum absolute atomic E-state index is 12.5. The first-order valence-corrected chi connectivity index (χ1v) is 12.5. The number of hydrogen-bond donors (Lipinski definition) is 2. The molecule has 10 heteroatoms. The number of carbonyl (C=O) groups is 3. The van der Waals surface area contributed by atoms with E-state index in [1.165, 1.54) is 11.8 Å². The number of unbranched alkanes of at least 4 members (excludes halogenated alkanes) is 2. The molecule has 1 aromatic carbocycles. The highest BCUT2D eigenvalue weighted by Gasteiger charge is 2.31. The fraction of sp³-hybridized carbons (Fsp3) is 0.238. The molecule has 1 aliphatic rings. The van der Waals surface area contributed by atoms with E-state index in [2.05, 4.69) is 26.8 Å². The first kappa shape index (κ1) is 23.6. The summed E-state index contributed by atoms with van der Waals surface area (Å²) < 4.78 is 1.44. The maximum Gasteiger partial charge on any atom is 0.269 e. The predicted molar refractivity (Wildman–Crippen MR) is 132 cm³/mol. The van der Waals surface area contributed by atoms with Crippen molar-refractivity contribution in [2.24, 2.45) is 0 Å². The lowest BCUT2D eigenvalue weighted by Crippen LogP contribution is -2.41. The van der Waals surface area contributed by atoms with Crippen molar-refractivity contribution in [3.8, 4) is 0 Å². The summed E-state index contributed by atoms with van der Waals surface area (Å²) in [6.45, 7) is 0.536. The van der Waals surface area contributed by atoms with Gasteiger partial charge in [0, 0.05) is 27.9 Å². The van der Waals surface area contributed by atoms with Gasteiger partial charge in [0.2, 0.25) is 5.91 Å². The molecule has 0 bridgehead atoms. The van der Waals surface area contributed by atoms with Crippen LogP contribution in [0.3, 0.4) is 0 Å². The van der Waals surface area contributed by atoms with E-state index in [1.54, 1.807) is 40.5 Å². The number of thiocarbonyl (C=S) groups is 1. The molecule has 2 aromatic rings. The molecule has 0 saturated carbocycles. The van der Waals surface area contributed by atoms with Gasteiger partial charge in [0.25, 0.3) is 11.8 Å². The van der Waals surface area contributed by atoms with Gasteiger partial charge in [-0.3, -0.25) is 30.1 Å². The van der Waals surface area contributed by atoms with Crippen LogP contribution in [-0.2, 0) is 9.59 Å². The number of thioether (sulfide) groups is 1. The number of hydrazine groups is 1. The lowest BCUT2D eigenvalue weighted by atomic mass is 10.2. The summed E-state index contributed by atoms with van der Waals surface area (Å²) in [5.41, 5.74) is 5.29. The Morgan fingerprint density at radius 2 is 1.87 bits per heavy atom. The third kappa shape index (κ3) is 6.99. The van der Waals surface area contributed by atoms with Gasteiger partial charge < -0.3 is 0 Å². The van der Waals surface area contributed by atoms with Crippen LogP contribution in [0.15, 0.2) is 51.2 Å². The van der Waals surface area contributed by atoms with Crippen LogP contribution >= 0.6 is 51.2 Å². The van der Waals surface area contributed by atoms with Crippen LogP contribution in [0, 0.1) is 0 Å². The molecule has 0 radical (unpaired) electrons. The summed E-state index contributed by atoms with van der Waals surface area (Å²) in [4.78, 5) is 39.7. The van der Waals surface area contributed by atoms with Crippen molar-refractivity contribution in [1.82, 2.24) is 15.8 Å². The average Bonchev–Trinajstić information content (AvgIpc) is 3.35. The largest absolute Gasteiger partial charge is 0.293 e. The van der Waals surface area contributed by atoms with E-state index in [-0.39, 0.29) is 24.1 Å². The highest BCUT2D eigenvalue weighted by molar-refractivity contribution is 9.10. The Bertz CT molecular complexity index is 991. The Balaban J connectivity index is 1.33. The normalized spacial score (nSPS) is 14.9. The lowest BCUT2D eigenvalue weighted by Gasteiger charge is -2.14. The molecule has 3 rings (SSSR count). The summed E-state index contributed by atoms with van der Waals surface area (Å²) >= 11 is 11.5. The number of carbonyl (C=O) groups excluding carboxylic acids is 3. The molecule has 6 nitrogen and oxygen atoms in total. The summed E-state index contributed by atoms with van der Waals surface area (Å²) in [7, 11) is 0. The number of amides is 3. The number of nitrogens with zero attached hydrogens (tertiary/aromatic N) is 1.